The molecule has 1 aliphatic carbocycles. The van der Waals surface area contributed by atoms with Gasteiger partial charge in [0.2, 0.25) is 0 Å². The summed E-state index contributed by atoms with van der Waals surface area (Å²) in [6, 6.07) is 9.59. The molecule has 2 heterocycles. The summed E-state index contributed by atoms with van der Waals surface area (Å²) in [6.45, 7) is 4.25. The first-order valence-electron chi connectivity index (χ1n) is 9.66. The van der Waals surface area contributed by atoms with Crippen molar-refractivity contribution in [1.82, 2.24) is 19.7 Å². The third kappa shape index (κ3) is 3.38. The molecule has 0 saturated carbocycles. The minimum Gasteiger partial charge on any atom is -0.348 e. The molecule has 3 aromatic rings. The summed E-state index contributed by atoms with van der Waals surface area (Å²) in [5.41, 5.74) is 4.00. The highest BCUT2D eigenvalue weighted by Gasteiger charge is 2.21. The molecule has 1 N–H and O–H groups in total. The molecule has 0 spiro atoms. The average Bonchev–Trinajstić information content (AvgIpc) is 3.33. The topological polar surface area (TPSA) is 68.9 Å². The molecule has 0 bridgehead atoms. The maximum absolute atomic E-state index is 13.2. The third-order valence-electron chi connectivity index (χ3n) is 5.31. The zero-order valence-electron chi connectivity index (χ0n) is 16.2. The molecule has 1 atom stereocenters. The van der Waals surface area contributed by atoms with Gasteiger partial charge in [-0.2, -0.15) is 5.10 Å². The molecule has 144 valence electrons. The molecule has 1 aromatic carbocycles. The van der Waals surface area contributed by atoms with E-state index >= 15 is 0 Å². The smallest absolute Gasteiger partial charge is 0.268 e. The molecule has 1 unspecified atom stereocenters. The summed E-state index contributed by atoms with van der Waals surface area (Å²) in [5.74, 6) is -0.343. The number of nitrogens with one attached hydrogen (secondary N) is 1. The molecule has 6 heteroatoms. The minimum absolute atomic E-state index is 0.152. The normalized spacial score (nSPS) is 13.9. The molecule has 0 saturated heterocycles. The van der Waals surface area contributed by atoms with Crippen LogP contribution < -0.4 is 10.9 Å². The third-order valence-corrected chi connectivity index (χ3v) is 5.31. The molecule has 0 fully saturated rings. The van der Waals surface area contributed by atoms with Crippen LogP contribution in [0.4, 0.5) is 0 Å². The number of pyridine rings is 1. The van der Waals surface area contributed by atoms with E-state index in [1.165, 1.54) is 11.1 Å². The number of hydrogen-bond acceptors (Lipinski definition) is 3. The first-order valence-corrected chi connectivity index (χ1v) is 9.66. The van der Waals surface area contributed by atoms with Crippen molar-refractivity contribution < 1.29 is 4.79 Å². The number of hydrogen-bond donors (Lipinski definition) is 1. The van der Waals surface area contributed by atoms with Crippen LogP contribution >= 0.6 is 0 Å². The fourth-order valence-electron chi connectivity index (χ4n) is 3.95. The van der Waals surface area contributed by atoms with Crippen LogP contribution in [0.15, 0.2) is 53.7 Å². The number of aromatic nitrogens is 3. The zero-order chi connectivity index (χ0) is 19.7. The van der Waals surface area contributed by atoms with E-state index in [0.29, 0.717) is 12.1 Å². The summed E-state index contributed by atoms with van der Waals surface area (Å²) < 4.78 is 3.37. The molecule has 2 aromatic heterocycles. The Bertz CT molecular complexity index is 1070. The number of benzene rings is 1. The van der Waals surface area contributed by atoms with Crippen molar-refractivity contribution in [2.45, 2.75) is 45.7 Å². The van der Waals surface area contributed by atoms with E-state index in [1.807, 2.05) is 37.4 Å². The zero-order valence-corrected chi connectivity index (χ0v) is 16.2. The fraction of sp³-hybridized carbons (Fsp3) is 0.318. The van der Waals surface area contributed by atoms with Crippen LogP contribution in [0, 0.1) is 6.92 Å². The van der Waals surface area contributed by atoms with E-state index in [1.54, 1.807) is 28.6 Å². The lowest BCUT2D eigenvalue weighted by Crippen LogP contribution is -2.40. The van der Waals surface area contributed by atoms with Crippen molar-refractivity contribution in [2.75, 3.05) is 0 Å². The number of rotatable bonds is 5. The van der Waals surface area contributed by atoms with Crippen molar-refractivity contribution in [1.29, 1.82) is 0 Å². The Morgan fingerprint density at radius 3 is 2.86 bits per heavy atom. The van der Waals surface area contributed by atoms with E-state index in [2.05, 4.69) is 16.5 Å². The first kappa shape index (κ1) is 18.2. The molecule has 0 radical (unpaired) electrons. The summed E-state index contributed by atoms with van der Waals surface area (Å²) in [7, 11) is 0. The Labute approximate surface area is 163 Å². The van der Waals surface area contributed by atoms with Crippen LogP contribution in [0.25, 0.3) is 5.69 Å². The van der Waals surface area contributed by atoms with Gasteiger partial charge in [0.15, 0.2) is 0 Å². The lowest BCUT2D eigenvalue weighted by molar-refractivity contribution is 0.0933. The molecular formula is C22H24N4O2. The van der Waals surface area contributed by atoms with Gasteiger partial charge < -0.3 is 5.32 Å². The predicted molar refractivity (Wildman–Crippen MR) is 108 cm³/mol. The second kappa shape index (κ2) is 7.46. The Kier molecular flexibility index (Phi) is 4.86. The quantitative estimate of drug-likeness (QED) is 0.744. The monoisotopic (exact) mass is 376 g/mol. The Hall–Kier alpha value is -3.15. The van der Waals surface area contributed by atoms with Gasteiger partial charge in [-0.25, -0.2) is 0 Å². The Morgan fingerprint density at radius 1 is 1.21 bits per heavy atom. The lowest BCUT2D eigenvalue weighted by Gasteiger charge is -2.17. The van der Waals surface area contributed by atoms with Crippen LogP contribution in [0.1, 0.15) is 40.4 Å². The van der Waals surface area contributed by atoms with Gasteiger partial charge >= 0.3 is 0 Å². The molecule has 0 aliphatic heterocycles. The van der Waals surface area contributed by atoms with Gasteiger partial charge in [0, 0.05) is 24.6 Å². The van der Waals surface area contributed by atoms with Crippen molar-refractivity contribution in [3.8, 4) is 5.69 Å². The van der Waals surface area contributed by atoms with E-state index in [9.17, 15) is 9.59 Å². The van der Waals surface area contributed by atoms with Crippen molar-refractivity contribution >= 4 is 5.91 Å². The molecular weight excluding hydrogens is 352 g/mol. The second-order valence-corrected chi connectivity index (χ2v) is 7.42. The van der Waals surface area contributed by atoms with E-state index in [4.69, 9.17) is 0 Å². The fourth-order valence-corrected chi connectivity index (χ4v) is 3.95. The second-order valence-electron chi connectivity index (χ2n) is 7.42. The van der Waals surface area contributed by atoms with Gasteiger partial charge in [0.05, 0.1) is 12.2 Å². The van der Waals surface area contributed by atoms with Gasteiger partial charge in [-0.1, -0.05) is 12.1 Å². The summed E-state index contributed by atoms with van der Waals surface area (Å²) in [4.78, 5) is 26.1. The molecule has 28 heavy (non-hydrogen) atoms. The Morgan fingerprint density at radius 2 is 2.07 bits per heavy atom. The van der Waals surface area contributed by atoms with Crippen molar-refractivity contribution in [2.24, 2.45) is 0 Å². The number of fused-ring (bicyclic) bond motifs is 1. The van der Waals surface area contributed by atoms with Crippen LogP contribution in [0.2, 0.25) is 0 Å². The summed E-state index contributed by atoms with van der Waals surface area (Å²) in [5, 5.41) is 7.09. The van der Waals surface area contributed by atoms with Gasteiger partial charge in [-0.3, -0.25) is 18.8 Å². The largest absolute Gasteiger partial charge is 0.348 e. The summed E-state index contributed by atoms with van der Waals surface area (Å²) >= 11 is 0. The maximum atomic E-state index is 13.2. The van der Waals surface area contributed by atoms with Gasteiger partial charge in [-0.15, -0.1) is 0 Å². The van der Waals surface area contributed by atoms with Crippen molar-refractivity contribution in [3.63, 3.8) is 0 Å². The SMILES string of the molecule is Cc1ccn(-c2cccc3c2CCC3)c(=O)c1C(=O)NC(C)Cn1cccn1. The molecule has 4 rings (SSSR count). The van der Waals surface area contributed by atoms with E-state index in [0.717, 1.165) is 24.9 Å². The van der Waals surface area contributed by atoms with E-state index < -0.39 is 0 Å². The standard InChI is InChI=1S/C22H24N4O2/c1-15-10-13-26(19-9-4-7-17-6-3-8-18(17)19)22(28)20(15)21(27)24-16(2)14-25-12-5-11-23-25/h4-5,7,9-13,16H,3,6,8,14H2,1-2H3,(H,24,27). The lowest BCUT2D eigenvalue weighted by atomic mass is 10.1. The van der Waals surface area contributed by atoms with Crippen LogP contribution in [-0.4, -0.2) is 26.3 Å². The predicted octanol–water partition coefficient (Wildman–Crippen LogP) is 2.65. The first-order chi connectivity index (χ1) is 13.5. The molecule has 1 aliphatic rings. The van der Waals surface area contributed by atoms with Crippen LogP contribution in [-0.2, 0) is 19.4 Å². The maximum Gasteiger partial charge on any atom is 0.268 e. The average molecular weight is 376 g/mol. The number of amides is 1. The molecule has 6 nitrogen and oxygen atoms in total. The van der Waals surface area contributed by atoms with Crippen molar-refractivity contribution in [3.05, 3.63) is 81.5 Å². The van der Waals surface area contributed by atoms with E-state index in [-0.39, 0.29) is 23.1 Å². The summed E-state index contributed by atoms with van der Waals surface area (Å²) in [6.07, 6.45) is 8.43. The minimum atomic E-state index is -0.343. The van der Waals surface area contributed by atoms with Gasteiger partial charge in [0.25, 0.3) is 11.5 Å². The Balaban J connectivity index is 1.65. The number of carbonyl (C=O) groups is 1. The van der Waals surface area contributed by atoms with Crippen LogP contribution in [0.5, 0.6) is 0 Å². The van der Waals surface area contributed by atoms with Gasteiger partial charge in [-0.05, 0) is 68.0 Å². The van der Waals surface area contributed by atoms with Gasteiger partial charge in [0.1, 0.15) is 5.56 Å². The highest BCUT2D eigenvalue weighted by molar-refractivity contribution is 5.95. The van der Waals surface area contributed by atoms with Crippen LogP contribution in [0.3, 0.4) is 0 Å². The number of aryl methyl sites for hydroxylation is 2. The number of nitrogens with zero attached hydrogens (tertiary/aromatic N) is 3. The highest BCUT2D eigenvalue weighted by atomic mass is 16.2. The number of carbonyl (C=O) groups excluding carboxylic acids is 1. The highest BCUT2D eigenvalue weighted by Crippen LogP contribution is 2.27. The molecule has 1 amide bonds.